The normalized spacial score (nSPS) is 23.2. The van der Waals surface area contributed by atoms with E-state index in [-0.39, 0.29) is 63.8 Å². The van der Waals surface area contributed by atoms with Gasteiger partial charge in [0.2, 0.25) is 82.7 Å². The van der Waals surface area contributed by atoms with Crippen molar-refractivity contribution in [3.05, 3.63) is 120 Å². The van der Waals surface area contributed by atoms with Crippen LogP contribution in [0.1, 0.15) is 110 Å². The number of H-pyrrole nitrogens is 2. The Morgan fingerprint density at radius 2 is 0.982 bits per heavy atom. The van der Waals surface area contributed by atoms with Gasteiger partial charge in [0.1, 0.15) is 66.5 Å². The second-order valence-corrected chi connectivity index (χ2v) is 29.7. The summed E-state index contributed by atoms with van der Waals surface area (Å²) in [5, 5.41) is 45.2. The molecule has 0 aliphatic carbocycles. The van der Waals surface area contributed by atoms with E-state index in [0.717, 1.165) is 22.5 Å². The Morgan fingerprint density at radius 1 is 0.509 bits per heavy atom. The van der Waals surface area contributed by atoms with Gasteiger partial charge >= 0.3 is 0 Å². The maximum Gasteiger partial charge on any atom is 0.243 e. The molecule has 1 saturated heterocycles. The van der Waals surface area contributed by atoms with Gasteiger partial charge in [0, 0.05) is 65.8 Å². The van der Waals surface area contributed by atoms with Crippen molar-refractivity contribution in [1.82, 2.24) is 79.1 Å². The molecular weight excluding hydrogens is 1460 g/mol. The summed E-state index contributed by atoms with van der Waals surface area (Å²) >= 11 is 0.887. The van der Waals surface area contributed by atoms with E-state index < -0.39 is 192 Å². The quantitative estimate of drug-likeness (QED) is 0.0237. The summed E-state index contributed by atoms with van der Waals surface area (Å²) in [7, 11) is 0. The average molecular weight is 1570 g/mol. The number of benzene rings is 4. The molecule has 0 saturated carbocycles. The van der Waals surface area contributed by atoms with Gasteiger partial charge in [-0.25, -0.2) is 0 Å². The molecule has 1 fully saturated rings. The van der Waals surface area contributed by atoms with Crippen LogP contribution >= 0.6 is 11.8 Å². The van der Waals surface area contributed by atoms with Crippen LogP contribution in [0.5, 0.6) is 0 Å². The molecule has 0 unspecified atom stereocenters. The summed E-state index contributed by atoms with van der Waals surface area (Å²) in [4.78, 5) is 207. The number of aromatic amines is 2. The van der Waals surface area contributed by atoms with E-state index in [9.17, 15) is 52.7 Å². The zero-order valence-corrected chi connectivity index (χ0v) is 64.8. The monoisotopic (exact) mass is 1570 g/mol. The van der Waals surface area contributed by atoms with E-state index in [0.29, 0.717) is 51.3 Å². The number of aromatic nitrogens is 2. The van der Waals surface area contributed by atoms with Crippen molar-refractivity contribution in [2.75, 3.05) is 31.1 Å². The van der Waals surface area contributed by atoms with Gasteiger partial charge in [0.05, 0.1) is 18.7 Å². The van der Waals surface area contributed by atoms with E-state index in [1.807, 2.05) is 42.5 Å². The molecular formula is C77H106N20O14S. The van der Waals surface area contributed by atoms with E-state index in [1.165, 1.54) is 6.92 Å². The zero-order chi connectivity index (χ0) is 81.9. The van der Waals surface area contributed by atoms with E-state index in [1.54, 1.807) is 102 Å². The topological polar surface area (TPSA) is 555 Å². The van der Waals surface area contributed by atoms with Gasteiger partial charge in [-0.05, 0) is 103 Å². The first-order valence-electron chi connectivity index (χ1n) is 37.5. The number of rotatable bonds is 21. The lowest BCUT2D eigenvalue weighted by Crippen LogP contribution is -2.62. The third-order valence-electron chi connectivity index (χ3n) is 19.3. The third-order valence-corrected chi connectivity index (χ3v) is 20.3. The number of nitrogens with two attached hydrogens (primary N) is 4. The van der Waals surface area contributed by atoms with E-state index in [4.69, 9.17) is 28.3 Å². The number of carbonyl (C=O) groups is 14. The predicted octanol–water partition coefficient (Wildman–Crippen LogP) is -0.843. The number of para-hydroxylation sites is 2. The molecule has 7 rings (SSSR count). The molecule has 12 atom stereocenters. The second kappa shape index (κ2) is 42.5. The first-order chi connectivity index (χ1) is 53.3. The fourth-order valence-electron chi connectivity index (χ4n) is 12.7. The number of hydrogen-bond donors (Lipinski definition) is 20. The van der Waals surface area contributed by atoms with Crippen LogP contribution in [0.4, 0.5) is 0 Å². The lowest BCUT2D eigenvalue weighted by Gasteiger charge is -2.29. The number of hydrogen-bond acceptors (Lipinski definition) is 17. The summed E-state index contributed by atoms with van der Waals surface area (Å²) in [6.07, 6.45) is 2.70. The van der Waals surface area contributed by atoms with Crippen LogP contribution in [-0.4, -0.2) is 196 Å². The first-order valence-corrected chi connectivity index (χ1v) is 38.6. The Bertz CT molecular complexity index is 4370. The Balaban J connectivity index is 1.26. The summed E-state index contributed by atoms with van der Waals surface area (Å²) < 4.78 is 0. The molecule has 0 spiro atoms. The van der Waals surface area contributed by atoms with Crippen molar-refractivity contribution in [3.63, 3.8) is 0 Å². The van der Waals surface area contributed by atoms with Crippen molar-refractivity contribution < 1.29 is 67.1 Å². The molecule has 0 radical (unpaired) electrons. The van der Waals surface area contributed by atoms with Gasteiger partial charge in [-0.3, -0.25) is 72.5 Å². The standard InChI is InChI=1S/C77H106N20O14S/c1-8-42(6)65-76(111)87-43(7)67(102)86-37-61(99)88-53(25-17-29-83-77(81)82)68(103)93-58(34-60(79)98)70(105)92-57(33-48-36-85-52-23-14-12-21-50(48)52)73(108)95-63(40(2)3)74(109)90-54(24-15-16-28-78)69(104)91-56(32-47-35-84-51-22-13-11-20-49(47)51)72(107)96-64(41(4)5)75(110)94-59(66(80)101)38-112-39-62(100)89-55(71(106)97-65)31-44-26-27-45-18-9-10-19-46(45)30-44/h9-14,18-23,26-27,30,35-36,40-43,53-59,63-65,84-85H,8,15-17,24-25,28-29,31-34,37-39,78H2,1-7H3,(H2,79,98)(H2,80,101)(H,86,102)(H,87,111)(H,88,99)(H,89,100)(H,90,109)(H,91,104)(H,92,105)(H,93,103)(H,94,110)(H,95,108)(H,96,107)(H,97,106)(H4,81,82,83)/t42-,43-,53-,54-,55-,56-,57-,58-,59-,63-,64-,65-/m0/s1. The minimum Gasteiger partial charge on any atom is -0.370 e. The smallest absolute Gasteiger partial charge is 0.243 e. The van der Waals surface area contributed by atoms with Gasteiger partial charge in [0.25, 0.3) is 0 Å². The van der Waals surface area contributed by atoms with Crippen LogP contribution < -0.4 is 92.1 Å². The minimum atomic E-state index is -1.84. The molecule has 112 heavy (non-hydrogen) atoms. The highest BCUT2D eigenvalue weighted by Crippen LogP contribution is 2.24. The summed E-state index contributed by atoms with van der Waals surface area (Å²) in [5.41, 5.74) is 26.1. The van der Waals surface area contributed by atoms with Crippen molar-refractivity contribution in [2.24, 2.45) is 40.7 Å². The van der Waals surface area contributed by atoms with Gasteiger partial charge in [-0.15, -0.1) is 11.8 Å². The molecule has 2 aromatic heterocycles. The number of amides is 14. The number of primary amides is 2. The molecule has 1 aliphatic rings. The summed E-state index contributed by atoms with van der Waals surface area (Å²) in [6.45, 7) is 10.7. The Labute approximate surface area is 652 Å². The Hall–Kier alpha value is -11.6. The highest BCUT2D eigenvalue weighted by Gasteiger charge is 2.39. The van der Waals surface area contributed by atoms with Crippen LogP contribution in [0, 0.1) is 23.2 Å². The maximum atomic E-state index is 15.1. The summed E-state index contributed by atoms with van der Waals surface area (Å²) in [6, 6.07) is 11.0. The van der Waals surface area contributed by atoms with Crippen LogP contribution in [0.25, 0.3) is 32.6 Å². The first kappa shape index (κ1) is 87.6. The highest BCUT2D eigenvalue weighted by molar-refractivity contribution is 8.00. The number of fused-ring (bicyclic) bond motifs is 3. The molecule has 604 valence electrons. The lowest BCUT2D eigenvalue weighted by atomic mass is 9.96. The van der Waals surface area contributed by atoms with Gasteiger partial charge in [-0.2, -0.15) is 0 Å². The Kier molecular flexibility index (Phi) is 33.3. The second-order valence-electron chi connectivity index (χ2n) is 28.7. The molecule has 6 aromatic rings. The number of unbranched alkanes of at least 4 members (excludes halogenated alkanes) is 1. The van der Waals surface area contributed by atoms with Gasteiger partial charge in [0.15, 0.2) is 5.96 Å². The fraction of sp³-hybridized carbons (Fsp3) is 0.468. The molecule has 1 aliphatic heterocycles. The molecule has 4 aromatic carbocycles. The lowest BCUT2D eigenvalue weighted by molar-refractivity contribution is -0.137. The molecule has 14 amide bonds. The van der Waals surface area contributed by atoms with Crippen LogP contribution in [0.2, 0.25) is 0 Å². The van der Waals surface area contributed by atoms with Crippen LogP contribution in [-0.2, 0) is 86.4 Å². The summed E-state index contributed by atoms with van der Waals surface area (Å²) in [5.74, 6) is -15.8. The predicted molar refractivity (Wildman–Crippen MR) is 423 cm³/mol. The number of thioether (sulfide) groups is 1. The van der Waals surface area contributed by atoms with Gasteiger partial charge in [-0.1, -0.05) is 127 Å². The molecule has 24 N–H and O–H groups in total. The molecule has 34 nitrogen and oxygen atoms in total. The van der Waals surface area contributed by atoms with E-state index in [2.05, 4.69) is 79.1 Å². The van der Waals surface area contributed by atoms with Crippen LogP contribution in [0.15, 0.2) is 103 Å². The number of carbonyl (C=O) groups excluding carboxylic acids is 14. The Morgan fingerprint density at radius 3 is 1.53 bits per heavy atom. The van der Waals surface area contributed by atoms with Gasteiger partial charge < -0.3 is 102 Å². The minimum absolute atomic E-state index is 0.0140. The fourth-order valence-corrected chi connectivity index (χ4v) is 13.6. The zero-order valence-electron chi connectivity index (χ0n) is 63.9. The average Bonchev–Trinajstić information content (AvgIpc) is 1.54. The third kappa shape index (κ3) is 26.0. The van der Waals surface area contributed by atoms with Crippen molar-refractivity contribution in [3.8, 4) is 0 Å². The number of nitrogens with one attached hydrogen (secondary N) is 16. The molecule has 3 heterocycles. The SMILES string of the molecule is CC[C@H](C)[C@@H]1NC(=O)[C@H](Cc2ccc3ccccc3c2)NC(=O)CSC[C@@H](C(N)=O)NC(=O)[C@H](C(C)C)NC(=O)[C@H](Cc2c[nH]c3ccccc23)NC(=O)[C@H](CCCCN)NC(=O)[C@H](C(C)C)NC(=O)[C@H](Cc2c[nH]c3ccccc23)NC(=O)[C@H](CC(N)=O)NC(=O)[C@H](CCCNC(=N)N)NC(=O)CNC(=O)[C@H](C)NC1=O. The van der Waals surface area contributed by atoms with Crippen LogP contribution in [0.3, 0.4) is 0 Å². The van der Waals surface area contributed by atoms with Crippen molar-refractivity contribution in [2.45, 2.75) is 179 Å². The highest BCUT2D eigenvalue weighted by atomic mass is 32.2. The molecule has 0 bridgehead atoms. The molecule has 35 heteroatoms. The number of guanidine groups is 1. The van der Waals surface area contributed by atoms with E-state index >= 15 is 14.4 Å². The van der Waals surface area contributed by atoms with Crippen molar-refractivity contribution in [1.29, 1.82) is 5.41 Å². The van der Waals surface area contributed by atoms with Crippen molar-refractivity contribution >= 4 is 133 Å². The largest absolute Gasteiger partial charge is 0.370 e. The maximum absolute atomic E-state index is 15.1.